The lowest BCUT2D eigenvalue weighted by Gasteiger charge is -2.30. The Bertz CT molecular complexity index is 1210. The number of fused-ring (bicyclic) bond motifs is 1. The van der Waals surface area contributed by atoms with Gasteiger partial charge in [0.1, 0.15) is 17.4 Å². The van der Waals surface area contributed by atoms with Crippen LogP contribution in [0.25, 0.3) is 0 Å². The average Bonchev–Trinajstić information content (AvgIpc) is 2.92. The normalized spacial score (nSPS) is 20.0. The zero-order chi connectivity index (χ0) is 24.8. The highest BCUT2D eigenvalue weighted by atomic mass is 32.2. The fraction of sp³-hybridized carbons (Fsp3) is 0.348. The maximum atomic E-state index is 13.5. The van der Waals surface area contributed by atoms with Crippen molar-refractivity contribution in [3.05, 3.63) is 47.5 Å². The van der Waals surface area contributed by atoms with E-state index in [4.69, 9.17) is 22.2 Å². The van der Waals surface area contributed by atoms with E-state index >= 15 is 0 Å². The number of halogens is 3. The second-order valence-electron chi connectivity index (χ2n) is 8.35. The predicted molar refractivity (Wildman–Crippen MR) is 126 cm³/mol. The molecule has 11 heteroatoms. The maximum Gasteiger partial charge on any atom is 0.417 e. The van der Waals surface area contributed by atoms with Gasteiger partial charge in [-0.1, -0.05) is 0 Å². The van der Waals surface area contributed by atoms with E-state index in [0.29, 0.717) is 17.9 Å². The first-order valence-electron chi connectivity index (χ1n) is 10.3. The average molecular weight is 508 g/mol. The number of carbonyl (C=O) groups excluding carboxylic acids is 1. The van der Waals surface area contributed by atoms with Crippen LogP contribution >= 0.6 is 24.0 Å². The topological polar surface area (TPSA) is 76.8 Å². The summed E-state index contributed by atoms with van der Waals surface area (Å²) in [6.07, 6.45) is -4.40. The molecule has 2 aromatic rings. The van der Waals surface area contributed by atoms with Crippen LogP contribution in [0.4, 0.5) is 24.5 Å². The first kappa shape index (κ1) is 24.3. The van der Waals surface area contributed by atoms with Crippen LogP contribution in [-0.2, 0) is 11.0 Å². The van der Waals surface area contributed by atoms with Crippen LogP contribution in [0.3, 0.4) is 0 Å². The highest BCUT2D eigenvalue weighted by Crippen LogP contribution is 2.42. The Morgan fingerprint density at radius 3 is 2.62 bits per heavy atom. The minimum absolute atomic E-state index is 0.0283. The van der Waals surface area contributed by atoms with Crippen molar-refractivity contribution in [2.24, 2.45) is 0 Å². The highest BCUT2D eigenvalue weighted by Gasteiger charge is 2.51. The number of rotatable bonds is 3. The first-order chi connectivity index (χ1) is 16.0. The number of nitrogens with zero attached hydrogens (tertiary/aromatic N) is 3. The van der Waals surface area contributed by atoms with Crippen LogP contribution in [0, 0.1) is 11.3 Å². The Morgan fingerprint density at radius 2 is 1.97 bits per heavy atom. The summed E-state index contributed by atoms with van der Waals surface area (Å²) in [6, 6.07) is 9.93. The standard InChI is InChI=1S/C23H20F3N3O3S2/c1-22(2)20(31)28(14-4-3-13(11-27)17(9-14)23(24,25)26)21(33)29(22)15-5-6-18-19(10-15)34-8-7-16(12-30)32-18/h3-6,9-10,16,30H,7-8,12H2,1-2H3. The zero-order valence-electron chi connectivity index (χ0n) is 18.2. The molecule has 6 nitrogen and oxygen atoms in total. The van der Waals surface area contributed by atoms with Crippen LogP contribution in [0.5, 0.6) is 5.75 Å². The molecule has 1 N–H and O–H groups in total. The van der Waals surface area contributed by atoms with Gasteiger partial charge in [-0.15, -0.1) is 11.8 Å². The van der Waals surface area contributed by atoms with E-state index in [-0.39, 0.29) is 23.5 Å². The third kappa shape index (κ3) is 4.10. The summed E-state index contributed by atoms with van der Waals surface area (Å²) < 4.78 is 46.4. The van der Waals surface area contributed by atoms with Crippen molar-refractivity contribution < 1.29 is 27.8 Å². The molecule has 1 unspecified atom stereocenters. The van der Waals surface area contributed by atoms with Gasteiger partial charge >= 0.3 is 6.18 Å². The quantitative estimate of drug-likeness (QED) is 0.602. The van der Waals surface area contributed by atoms with Gasteiger partial charge in [0.05, 0.1) is 34.4 Å². The minimum atomic E-state index is -4.76. The summed E-state index contributed by atoms with van der Waals surface area (Å²) in [5.41, 5.74) is -2.31. The zero-order valence-corrected chi connectivity index (χ0v) is 19.9. The van der Waals surface area contributed by atoms with E-state index in [1.54, 1.807) is 42.6 Å². The largest absolute Gasteiger partial charge is 0.487 e. The monoisotopic (exact) mass is 507 g/mol. The van der Waals surface area contributed by atoms with Crippen LogP contribution in [0.2, 0.25) is 0 Å². The molecule has 1 fully saturated rings. The van der Waals surface area contributed by atoms with E-state index in [1.165, 1.54) is 12.1 Å². The smallest absolute Gasteiger partial charge is 0.417 e. The van der Waals surface area contributed by atoms with Gasteiger partial charge in [-0.25, -0.2) is 0 Å². The molecule has 1 amide bonds. The molecule has 2 aliphatic heterocycles. The molecule has 0 saturated carbocycles. The number of hydrogen-bond acceptors (Lipinski definition) is 6. The Labute approximate surface area is 203 Å². The molecule has 2 heterocycles. The molecule has 0 radical (unpaired) electrons. The minimum Gasteiger partial charge on any atom is -0.487 e. The number of hydrogen-bond donors (Lipinski definition) is 1. The molecular weight excluding hydrogens is 487 g/mol. The fourth-order valence-electron chi connectivity index (χ4n) is 3.97. The van der Waals surface area contributed by atoms with Gasteiger partial charge in [-0.05, 0) is 68.9 Å². The summed E-state index contributed by atoms with van der Waals surface area (Å²) in [4.78, 5) is 16.8. The number of anilines is 2. The lowest BCUT2D eigenvalue weighted by atomic mass is 10.0. The number of carbonyl (C=O) groups is 1. The van der Waals surface area contributed by atoms with E-state index in [0.717, 1.165) is 27.7 Å². The van der Waals surface area contributed by atoms with Gasteiger partial charge in [0.2, 0.25) is 0 Å². The number of thiocarbonyl (C=S) groups is 1. The lowest BCUT2D eigenvalue weighted by molar-refractivity contribution is -0.137. The maximum absolute atomic E-state index is 13.5. The van der Waals surface area contributed by atoms with Crippen molar-refractivity contribution in [3.8, 4) is 11.8 Å². The molecule has 0 aromatic heterocycles. The molecule has 0 bridgehead atoms. The van der Waals surface area contributed by atoms with Crippen LogP contribution < -0.4 is 14.5 Å². The fourth-order valence-corrected chi connectivity index (χ4v) is 5.56. The van der Waals surface area contributed by atoms with Gasteiger partial charge in [-0.3, -0.25) is 9.69 Å². The van der Waals surface area contributed by atoms with Crippen molar-refractivity contribution in [3.63, 3.8) is 0 Å². The second-order valence-corrected chi connectivity index (χ2v) is 9.85. The van der Waals surface area contributed by atoms with Gasteiger partial charge in [-0.2, -0.15) is 18.4 Å². The third-order valence-electron chi connectivity index (χ3n) is 5.74. The number of thioether (sulfide) groups is 1. The molecule has 0 spiro atoms. The number of alkyl halides is 3. The highest BCUT2D eigenvalue weighted by molar-refractivity contribution is 7.99. The molecule has 2 aromatic carbocycles. The Kier molecular flexibility index (Phi) is 6.27. The third-order valence-corrected chi connectivity index (χ3v) is 7.17. The first-order valence-corrected chi connectivity index (χ1v) is 11.7. The van der Waals surface area contributed by atoms with Crippen LogP contribution in [-0.4, -0.2) is 40.1 Å². The molecule has 1 saturated heterocycles. The van der Waals surface area contributed by atoms with Crippen molar-refractivity contribution in [1.82, 2.24) is 0 Å². The van der Waals surface area contributed by atoms with Gasteiger partial charge in [0.15, 0.2) is 5.11 Å². The molecular formula is C23H20F3N3O3S2. The second kappa shape index (κ2) is 8.76. The number of ether oxygens (including phenoxy) is 1. The number of aliphatic hydroxyl groups excluding tert-OH is 1. The lowest BCUT2D eigenvalue weighted by Crippen LogP contribution is -2.44. The number of nitriles is 1. The predicted octanol–water partition coefficient (Wildman–Crippen LogP) is 4.73. The Hall–Kier alpha value is -2.81. The van der Waals surface area contributed by atoms with Gasteiger partial charge in [0.25, 0.3) is 5.91 Å². The Morgan fingerprint density at radius 1 is 1.26 bits per heavy atom. The summed E-state index contributed by atoms with van der Waals surface area (Å²) in [7, 11) is 0. The summed E-state index contributed by atoms with van der Waals surface area (Å²) in [5, 5.41) is 18.6. The van der Waals surface area contributed by atoms with Crippen molar-refractivity contribution in [2.75, 3.05) is 22.2 Å². The SMILES string of the molecule is CC1(C)C(=O)N(c2ccc(C#N)c(C(F)(F)F)c2)C(=S)N1c1ccc2c(c1)SCCC(CO)O2. The molecule has 2 aliphatic rings. The van der Waals surface area contributed by atoms with Gasteiger partial charge in [0, 0.05) is 11.4 Å². The van der Waals surface area contributed by atoms with Crippen molar-refractivity contribution in [1.29, 1.82) is 5.26 Å². The number of aliphatic hydroxyl groups is 1. The molecule has 34 heavy (non-hydrogen) atoms. The van der Waals surface area contributed by atoms with Gasteiger partial charge < -0.3 is 14.7 Å². The van der Waals surface area contributed by atoms with Crippen molar-refractivity contribution in [2.45, 2.75) is 43.0 Å². The molecule has 1 atom stereocenters. The molecule has 178 valence electrons. The van der Waals surface area contributed by atoms with E-state index in [1.807, 2.05) is 6.07 Å². The van der Waals surface area contributed by atoms with E-state index < -0.39 is 28.7 Å². The summed E-state index contributed by atoms with van der Waals surface area (Å²) in [6.45, 7) is 3.19. The molecule has 4 rings (SSSR count). The van der Waals surface area contributed by atoms with Crippen LogP contribution in [0.1, 0.15) is 31.4 Å². The number of amides is 1. The van der Waals surface area contributed by atoms with Crippen LogP contribution in [0.15, 0.2) is 41.3 Å². The molecule has 0 aliphatic carbocycles. The van der Waals surface area contributed by atoms with Crippen molar-refractivity contribution >= 4 is 46.4 Å². The number of benzene rings is 2. The van der Waals surface area contributed by atoms with E-state index in [9.17, 15) is 23.1 Å². The van der Waals surface area contributed by atoms with E-state index in [2.05, 4.69) is 0 Å². The Balaban J connectivity index is 1.74. The summed E-state index contributed by atoms with van der Waals surface area (Å²) in [5.74, 6) is 0.847. The summed E-state index contributed by atoms with van der Waals surface area (Å²) >= 11 is 7.13.